The van der Waals surface area contributed by atoms with Crippen LogP contribution in [0.2, 0.25) is 0 Å². The van der Waals surface area contributed by atoms with Gasteiger partial charge in [-0.3, -0.25) is 0 Å². The topological polar surface area (TPSA) is 49.8 Å². The molecule has 2 aliphatic rings. The van der Waals surface area contributed by atoms with Crippen molar-refractivity contribution in [3.63, 3.8) is 0 Å². The number of fused-ring (bicyclic) bond motifs is 2. The first-order valence-electron chi connectivity index (χ1n) is 10.5. The maximum absolute atomic E-state index is 12.5. The van der Waals surface area contributed by atoms with Gasteiger partial charge in [-0.2, -0.15) is 0 Å². The third-order valence-corrected chi connectivity index (χ3v) is 6.87. The molecule has 0 radical (unpaired) electrons. The van der Waals surface area contributed by atoms with Crippen molar-refractivity contribution in [3.05, 3.63) is 65.7 Å². The molecule has 2 saturated carbocycles. The fraction of sp³-hybridized carbons (Fsp3) is 0.480. The van der Waals surface area contributed by atoms with Crippen molar-refractivity contribution in [1.29, 1.82) is 0 Å². The fourth-order valence-electron chi connectivity index (χ4n) is 5.63. The number of aliphatic hydroxyl groups is 1. The zero-order chi connectivity index (χ0) is 20.6. The summed E-state index contributed by atoms with van der Waals surface area (Å²) in [5, 5.41) is 12.0. The van der Waals surface area contributed by atoms with Crippen molar-refractivity contribution < 1.29 is 14.6 Å². The van der Waals surface area contributed by atoms with Crippen LogP contribution in [0.1, 0.15) is 48.5 Å². The van der Waals surface area contributed by atoms with Crippen molar-refractivity contribution >= 4 is 5.97 Å². The van der Waals surface area contributed by atoms with Gasteiger partial charge < -0.3 is 14.7 Å². The molecular weight excluding hydrogens is 362 g/mol. The van der Waals surface area contributed by atoms with Gasteiger partial charge in [0, 0.05) is 12.5 Å². The van der Waals surface area contributed by atoms with Crippen LogP contribution in [0.4, 0.5) is 0 Å². The molecule has 4 atom stereocenters. The lowest BCUT2D eigenvalue weighted by Crippen LogP contribution is -2.49. The molecule has 2 aliphatic carbocycles. The summed E-state index contributed by atoms with van der Waals surface area (Å²) in [6, 6.07) is 16.5. The van der Waals surface area contributed by atoms with Gasteiger partial charge in [0.2, 0.25) is 0 Å². The molecule has 2 aromatic carbocycles. The summed E-state index contributed by atoms with van der Waals surface area (Å²) in [7, 11) is 4.14. The molecule has 2 fully saturated rings. The van der Waals surface area contributed by atoms with Crippen molar-refractivity contribution in [2.24, 2.45) is 17.3 Å². The van der Waals surface area contributed by atoms with E-state index in [0.29, 0.717) is 17.2 Å². The predicted molar refractivity (Wildman–Crippen MR) is 114 cm³/mol. The first-order valence-corrected chi connectivity index (χ1v) is 10.5. The van der Waals surface area contributed by atoms with Gasteiger partial charge in [0.05, 0.1) is 11.2 Å². The molecule has 0 aromatic heterocycles. The summed E-state index contributed by atoms with van der Waals surface area (Å²) in [5.41, 5.74) is 0.651. The molecule has 29 heavy (non-hydrogen) atoms. The first kappa shape index (κ1) is 20.1. The van der Waals surface area contributed by atoms with Crippen molar-refractivity contribution in [3.8, 4) is 5.75 Å². The van der Waals surface area contributed by atoms with E-state index in [-0.39, 0.29) is 17.3 Å². The van der Waals surface area contributed by atoms with Crippen LogP contribution in [-0.2, 0) is 5.60 Å². The molecule has 4 rings (SSSR count). The van der Waals surface area contributed by atoms with E-state index >= 15 is 0 Å². The van der Waals surface area contributed by atoms with Crippen molar-refractivity contribution in [1.82, 2.24) is 4.90 Å². The summed E-state index contributed by atoms with van der Waals surface area (Å²) in [5.74, 6) is 0.802. The largest absolute Gasteiger partial charge is 0.423 e. The highest BCUT2D eigenvalue weighted by Gasteiger charge is 2.55. The van der Waals surface area contributed by atoms with Crippen LogP contribution >= 0.6 is 0 Å². The second-order valence-electron chi connectivity index (χ2n) is 9.57. The van der Waals surface area contributed by atoms with Crippen LogP contribution in [0.15, 0.2) is 54.6 Å². The molecule has 0 aliphatic heterocycles. The summed E-state index contributed by atoms with van der Waals surface area (Å²) < 4.78 is 5.63. The number of carbonyl (C=O) groups excluding carboxylic acids is 1. The lowest BCUT2D eigenvalue weighted by molar-refractivity contribution is -0.108. The number of hydrogen-bond donors (Lipinski definition) is 1. The van der Waals surface area contributed by atoms with Gasteiger partial charge in [-0.25, -0.2) is 4.79 Å². The molecule has 4 unspecified atom stereocenters. The minimum atomic E-state index is -0.909. The minimum absolute atomic E-state index is 0.174. The normalized spacial score (nSPS) is 31.1. The monoisotopic (exact) mass is 393 g/mol. The number of nitrogens with zero attached hydrogens (tertiary/aromatic N) is 1. The van der Waals surface area contributed by atoms with Gasteiger partial charge in [0.15, 0.2) is 0 Å². The Hall–Kier alpha value is -2.17. The maximum atomic E-state index is 12.5. The Morgan fingerprint density at radius 3 is 2.66 bits per heavy atom. The van der Waals surface area contributed by atoms with E-state index in [1.54, 1.807) is 18.2 Å². The number of hydrogen-bond acceptors (Lipinski definition) is 4. The molecule has 2 bridgehead atoms. The Morgan fingerprint density at radius 2 is 1.93 bits per heavy atom. The highest BCUT2D eigenvalue weighted by Crippen LogP contribution is 2.60. The summed E-state index contributed by atoms with van der Waals surface area (Å²) in [6.07, 6.45) is 4.30. The van der Waals surface area contributed by atoms with Crippen molar-refractivity contribution in [2.75, 3.05) is 20.6 Å². The highest BCUT2D eigenvalue weighted by molar-refractivity contribution is 5.90. The SMILES string of the molecule is CN(C)CC1C2CCC(C)(C2)CC1(O)c1cccc(OC(=O)c2ccccc2)c1. The van der Waals surface area contributed by atoms with Crippen LogP contribution in [0.25, 0.3) is 0 Å². The Labute approximate surface area is 173 Å². The average molecular weight is 394 g/mol. The predicted octanol–water partition coefficient (Wildman–Crippen LogP) is 4.48. The van der Waals surface area contributed by atoms with Gasteiger partial charge in [-0.1, -0.05) is 37.3 Å². The van der Waals surface area contributed by atoms with Gasteiger partial charge in [0.1, 0.15) is 5.75 Å². The standard InChI is InChI=1S/C25H31NO3/c1-24-13-12-19(15-24)22(16-26(2)3)25(28,17-24)20-10-7-11-21(14-20)29-23(27)18-8-5-4-6-9-18/h4-11,14,19,22,28H,12-13,15-17H2,1-3H3. The van der Waals surface area contributed by atoms with E-state index in [1.807, 2.05) is 36.4 Å². The molecule has 1 N–H and O–H groups in total. The first-order chi connectivity index (χ1) is 13.8. The molecule has 0 amide bonds. The second-order valence-corrected chi connectivity index (χ2v) is 9.57. The van der Waals surface area contributed by atoms with Gasteiger partial charge in [-0.05, 0) is 80.9 Å². The third kappa shape index (κ3) is 3.96. The van der Waals surface area contributed by atoms with Crippen LogP contribution in [0.5, 0.6) is 5.75 Å². The average Bonchev–Trinajstić information content (AvgIpc) is 3.03. The smallest absolute Gasteiger partial charge is 0.343 e. The Bertz CT molecular complexity index is 881. The lowest BCUT2D eigenvalue weighted by Gasteiger charge is -2.49. The van der Waals surface area contributed by atoms with E-state index in [1.165, 1.54) is 19.3 Å². The van der Waals surface area contributed by atoms with E-state index in [0.717, 1.165) is 18.5 Å². The van der Waals surface area contributed by atoms with E-state index in [9.17, 15) is 9.90 Å². The highest BCUT2D eigenvalue weighted by atomic mass is 16.5. The van der Waals surface area contributed by atoms with Gasteiger partial charge >= 0.3 is 5.97 Å². The fourth-order valence-corrected chi connectivity index (χ4v) is 5.63. The zero-order valence-electron chi connectivity index (χ0n) is 17.6. The number of rotatable bonds is 5. The van der Waals surface area contributed by atoms with E-state index < -0.39 is 5.60 Å². The van der Waals surface area contributed by atoms with E-state index in [4.69, 9.17) is 4.74 Å². The number of benzene rings is 2. The summed E-state index contributed by atoms with van der Waals surface area (Å²) >= 11 is 0. The number of carbonyl (C=O) groups is 1. The molecule has 0 spiro atoms. The van der Waals surface area contributed by atoms with Crippen LogP contribution in [0.3, 0.4) is 0 Å². The quantitative estimate of drug-likeness (QED) is 0.601. The molecule has 4 heteroatoms. The van der Waals surface area contributed by atoms with Gasteiger partial charge in [-0.15, -0.1) is 0 Å². The van der Waals surface area contributed by atoms with Crippen LogP contribution in [-0.4, -0.2) is 36.6 Å². The number of ether oxygens (including phenoxy) is 1. The third-order valence-electron chi connectivity index (χ3n) is 6.87. The van der Waals surface area contributed by atoms with E-state index in [2.05, 4.69) is 25.9 Å². The Balaban J connectivity index is 1.64. The Kier molecular flexibility index (Phi) is 5.26. The summed E-state index contributed by atoms with van der Waals surface area (Å²) in [4.78, 5) is 14.6. The molecule has 0 saturated heterocycles. The van der Waals surface area contributed by atoms with Crippen molar-refractivity contribution in [2.45, 2.75) is 38.2 Å². The maximum Gasteiger partial charge on any atom is 0.343 e. The minimum Gasteiger partial charge on any atom is -0.423 e. The molecular formula is C25H31NO3. The lowest BCUT2D eigenvalue weighted by atomic mass is 9.61. The van der Waals surface area contributed by atoms with Crippen LogP contribution < -0.4 is 4.74 Å². The summed E-state index contributed by atoms with van der Waals surface area (Å²) in [6.45, 7) is 3.16. The molecule has 2 aromatic rings. The zero-order valence-corrected chi connectivity index (χ0v) is 17.6. The van der Waals surface area contributed by atoms with Crippen LogP contribution in [0, 0.1) is 17.3 Å². The van der Waals surface area contributed by atoms with Gasteiger partial charge in [0.25, 0.3) is 0 Å². The molecule has 0 heterocycles. The number of esters is 1. The second kappa shape index (κ2) is 7.58. The Morgan fingerprint density at radius 1 is 1.17 bits per heavy atom. The molecule has 4 nitrogen and oxygen atoms in total. The molecule has 154 valence electrons.